The molecule has 16 heteroatoms. The zero-order valence-corrected chi connectivity index (χ0v) is 26.7. The Balaban J connectivity index is 1.56. The van der Waals surface area contributed by atoms with Crippen molar-refractivity contribution in [2.45, 2.75) is 63.9 Å². The third kappa shape index (κ3) is 7.98. The van der Waals surface area contributed by atoms with Crippen molar-refractivity contribution in [2.75, 3.05) is 13.7 Å². The monoisotopic (exact) mass is 662 g/mol. The van der Waals surface area contributed by atoms with Gasteiger partial charge in [-0.05, 0) is 63.1 Å². The maximum Gasteiger partial charge on any atom is 0.459 e. The summed E-state index contributed by atoms with van der Waals surface area (Å²) < 4.78 is 52.6. The van der Waals surface area contributed by atoms with Gasteiger partial charge in [0, 0.05) is 24.9 Å². The molecular formula is C30H36FN4O10P. The second-order valence-corrected chi connectivity index (χ2v) is 12.7. The molecule has 1 saturated heterocycles. The summed E-state index contributed by atoms with van der Waals surface area (Å²) in [5, 5.41) is 15.8. The Morgan fingerprint density at radius 3 is 2.46 bits per heavy atom. The highest BCUT2D eigenvalue weighted by Crippen LogP contribution is 2.47. The molecule has 1 amide bonds. The van der Waals surface area contributed by atoms with Crippen LogP contribution in [0, 0.1) is 0 Å². The minimum absolute atomic E-state index is 0.0624. The van der Waals surface area contributed by atoms with Crippen molar-refractivity contribution < 1.29 is 42.2 Å². The first kappa shape index (κ1) is 34.7. The standard InChI is InChI=1S/C30H36FN4O10P/c1-17(2)43-27(39)18(3)34-46(41,45-22-11-9-19(10-12-22)20-7-6-8-21(15-20)26(38)32-5)42-16-23-25(37)30(4,31)28(44-23)35-14-13-24(36)33-29(35)40/h6-15,17-18,23,25,28,37H,16H2,1-5H3,(H,32,38)(H,34,41)(H,33,36,40). The van der Waals surface area contributed by atoms with Gasteiger partial charge in [-0.25, -0.2) is 13.8 Å². The summed E-state index contributed by atoms with van der Waals surface area (Å²) in [5.41, 5.74) is -2.31. The van der Waals surface area contributed by atoms with Crippen LogP contribution in [0.2, 0.25) is 0 Å². The first-order valence-corrected chi connectivity index (χ1v) is 15.9. The van der Waals surface area contributed by atoms with E-state index in [-0.39, 0.29) is 11.7 Å². The first-order chi connectivity index (χ1) is 21.6. The lowest BCUT2D eigenvalue weighted by atomic mass is 9.98. The average molecular weight is 663 g/mol. The van der Waals surface area contributed by atoms with Gasteiger partial charge in [-0.3, -0.25) is 28.5 Å². The molecule has 2 heterocycles. The van der Waals surface area contributed by atoms with Crippen molar-refractivity contribution >= 4 is 19.6 Å². The van der Waals surface area contributed by atoms with Crippen LogP contribution in [0.3, 0.4) is 0 Å². The number of hydrogen-bond donors (Lipinski definition) is 4. The first-order valence-electron chi connectivity index (χ1n) is 14.3. The molecule has 1 fully saturated rings. The number of nitrogens with zero attached hydrogens (tertiary/aromatic N) is 1. The SMILES string of the molecule is CNC(=O)c1cccc(-c2ccc(OP(=O)(NC(C)C(=O)OC(C)C)OCC3OC(n4ccc(=O)[nH]c4=O)C(C)(F)C3O)cc2)c1. The van der Waals surface area contributed by atoms with Crippen LogP contribution >= 0.6 is 7.75 Å². The van der Waals surface area contributed by atoms with Gasteiger partial charge in [0.25, 0.3) is 11.5 Å². The summed E-state index contributed by atoms with van der Waals surface area (Å²) in [5.74, 6) is -0.940. The highest BCUT2D eigenvalue weighted by Gasteiger charge is 2.56. The van der Waals surface area contributed by atoms with Gasteiger partial charge in [0.05, 0.1) is 12.7 Å². The van der Waals surface area contributed by atoms with E-state index in [2.05, 4.69) is 10.4 Å². The van der Waals surface area contributed by atoms with Gasteiger partial charge in [-0.1, -0.05) is 24.3 Å². The third-order valence-electron chi connectivity index (χ3n) is 7.05. The summed E-state index contributed by atoms with van der Waals surface area (Å²) in [7, 11) is -2.94. The van der Waals surface area contributed by atoms with E-state index in [0.29, 0.717) is 11.1 Å². The number of carbonyl (C=O) groups is 2. The minimum Gasteiger partial charge on any atom is -0.462 e. The number of alkyl halides is 1. The molecule has 3 aromatic rings. The Morgan fingerprint density at radius 2 is 1.83 bits per heavy atom. The smallest absolute Gasteiger partial charge is 0.459 e. The number of nitrogens with one attached hydrogen (secondary N) is 3. The van der Waals surface area contributed by atoms with Crippen molar-refractivity contribution in [3.63, 3.8) is 0 Å². The number of hydrogen-bond acceptors (Lipinski definition) is 10. The van der Waals surface area contributed by atoms with E-state index < -0.39 is 67.8 Å². The second kappa shape index (κ2) is 14.1. The largest absolute Gasteiger partial charge is 0.462 e. The number of halogens is 1. The lowest BCUT2D eigenvalue weighted by Gasteiger charge is -2.25. The highest BCUT2D eigenvalue weighted by molar-refractivity contribution is 7.52. The fourth-order valence-corrected chi connectivity index (χ4v) is 6.18. The molecular weight excluding hydrogens is 626 g/mol. The molecule has 1 aliphatic heterocycles. The van der Waals surface area contributed by atoms with Crippen LogP contribution < -0.4 is 26.2 Å². The van der Waals surface area contributed by atoms with E-state index in [1.165, 1.54) is 26.1 Å². The van der Waals surface area contributed by atoms with Gasteiger partial charge in [0.1, 0.15) is 24.0 Å². The Labute approximate surface area is 263 Å². The maximum absolute atomic E-state index is 15.7. The zero-order chi connectivity index (χ0) is 33.8. The molecule has 248 valence electrons. The Morgan fingerprint density at radius 1 is 1.13 bits per heavy atom. The molecule has 46 heavy (non-hydrogen) atoms. The van der Waals surface area contributed by atoms with Crippen molar-refractivity contribution in [3.05, 3.63) is 87.2 Å². The average Bonchev–Trinajstić information content (AvgIpc) is 3.23. The van der Waals surface area contributed by atoms with Gasteiger partial charge in [0.15, 0.2) is 11.9 Å². The van der Waals surface area contributed by atoms with Crippen LogP contribution in [0.4, 0.5) is 4.39 Å². The van der Waals surface area contributed by atoms with Gasteiger partial charge < -0.3 is 24.4 Å². The van der Waals surface area contributed by atoms with Gasteiger partial charge >= 0.3 is 19.4 Å². The molecule has 14 nitrogen and oxygen atoms in total. The van der Waals surface area contributed by atoms with Crippen molar-refractivity contribution in [3.8, 4) is 16.9 Å². The molecule has 1 aromatic heterocycles. The Hall–Kier alpha value is -4.14. The fourth-order valence-electron chi connectivity index (χ4n) is 4.68. The van der Waals surface area contributed by atoms with Crippen molar-refractivity contribution in [1.29, 1.82) is 0 Å². The molecule has 4 N–H and O–H groups in total. The number of aliphatic hydroxyl groups excluding tert-OH is 1. The maximum atomic E-state index is 15.7. The quantitative estimate of drug-likeness (QED) is 0.165. The van der Waals surface area contributed by atoms with E-state index in [1.54, 1.807) is 50.2 Å². The summed E-state index contributed by atoms with van der Waals surface area (Å²) in [6.45, 7) is 4.96. The third-order valence-corrected chi connectivity index (χ3v) is 8.70. The number of benzene rings is 2. The predicted molar refractivity (Wildman–Crippen MR) is 164 cm³/mol. The Bertz CT molecular complexity index is 1730. The van der Waals surface area contributed by atoms with Crippen LogP contribution in [-0.4, -0.2) is 70.2 Å². The van der Waals surface area contributed by atoms with E-state index in [4.69, 9.17) is 18.5 Å². The van der Waals surface area contributed by atoms with Crippen LogP contribution in [-0.2, 0) is 23.4 Å². The van der Waals surface area contributed by atoms with E-state index in [9.17, 15) is 28.8 Å². The molecule has 0 bridgehead atoms. The molecule has 6 atom stereocenters. The van der Waals surface area contributed by atoms with E-state index in [0.717, 1.165) is 29.3 Å². The molecule has 6 unspecified atom stereocenters. The number of amides is 1. The number of aromatic nitrogens is 2. The summed E-state index contributed by atoms with van der Waals surface area (Å²) in [6, 6.07) is 13.0. The second-order valence-electron chi connectivity index (χ2n) is 11.0. The number of ether oxygens (including phenoxy) is 2. The number of esters is 1. The normalized spacial score (nSPS) is 23.0. The summed E-state index contributed by atoms with van der Waals surface area (Å²) >= 11 is 0. The molecule has 0 aliphatic carbocycles. The van der Waals surface area contributed by atoms with Gasteiger partial charge in [0.2, 0.25) is 0 Å². The summed E-state index contributed by atoms with van der Waals surface area (Å²) in [4.78, 5) is 50.3. The minimum atomic E-state index is -4.47. The number of H-pyrrole nitrogens is 1. The topological polar surface area (TPSA) is 187 Å². The lowest BCUT2D eigenvalue weighted by Crippen LogP contribution is -2.43. The summed E-state index contributed by atoms with van der Waals surface area (Å²) in [6.07, 6.45) is -4.42. The number of carbonyl (C=O) groups excluding carboxylic acids is 2. The lowest BCUT2D eigenvalue weighted by molar-refractivity contribution is -0.149. The van der Waals surface area contributed by atoms with Gasteiger partial charge in [-0.15, -0.1) is 0 Å². The molecule has 4 rings (SSSR count). The molecule has 0 spiro atoms. The predicted octanol–water partition coefficient (Wildman–Crippen LogP) is 2.68. The number of rotatable bonds is 12. The molecule has 2 aromatic carbocycles. The van der Waals surface area contributed by atoms with Crippen LogP contribution in [0.15, 0.2) is 70.4 Å². The molecule has 0 radical (unpaired) electrons. The highest BCUT2D eigenvalue weighted by atomic mass is 31.2. The Kier molecular flexibility index (Phi) is 10.6. The number of aromatic amines is 1. The van der Waals surface area contributed by atoms with Gasteiger partial charge in [-0.2, -0.15) is 5.09 Å². The van der Waals surface area contributed by atoms with E-state index in [1.807, 2.05) is 4.98 Å². The number of aliphatic hydroxyl groups is 1. The molecule has 1 aliphatic rings. The van der Waals surface area contributed by atoms with Crippen LogP contribution in [0.5, 0.6) is 5.75 Å². The van der Waals surface area contributed by atoms with Crippen molar-refractivity contribution in [1.82, 2.24) is 20.0 Å². The molecule has 0 saturated carbocycles. The van der Waals surface area contributed by atoms with Crippen molar-refractivity contribution in [2.24, 2.45) is 0 Å². The van der Waals surface area contributed by atoms with Crippen LogP contribution in [0.25, 0.3) is 11.1 Å². The van der Waals surface area contributed by atoms with Crippen LogP contribution in [0.1, 0.15) is 44.3 Å². The van der Waals surface area contributed by atoms with E-state index >= 15 is 4.39 Å². The zero-order valence-electron chi connectivity index (χ0n) is 25.8. The fraction of sp³-hybridized carbons (Fsp3) is 0.400.